The quantitative estimate of drug-likeness (QED) is 0.674. The molecule has 18 heavy (non-hydrogen) atoms. The molecule has 1 aromatic rings. The van der Waals surface area contributed by atoms with Gasteiger partial charge in [0.25, 0.3) is 0 Å². The molecule has 6 heteroatoms. The van der Waals surface area contributed by atoms with Crippen LogP contribution in [0.4, 0.5) is 5.69 Å². The molecule has 0 aliphatic carbocycles. The minimum Gasteiger partial charge on any atom is -0.495 e. The number of ether oxygens (including phenoxy) is 3. The first-order valence-corrected chi connectivity index (χ1v) is 5.71. The summed E-state index contributed by atoms with van der Waals surface area (Å²) in [6, 6.07) is 1.49. The van der Waals surface area contributed by atoms with E-state index in [0.717, 1.165) is 0 Å². The summed E-state index contributed by atoms with van der Waals surface area (Å²) in [5, 5.41) is 0.235. The molecule has 1 rings (SSSR count). The first-order valence-electron chi connectivity index (χ1n) is 5.33. The van der Waals surface area contributed by atoms with Gasteiger partial charge in [-0.2, -0.15) is 0 Å². The Morgan fingerprint density at radius 3 is 2.39 bits per heavy atom. The third kappa shape index (κ3) is 2.79. The summed E-state index contributed by atoms with van der Waals surface area (Å²) in [7, 11) is 2.84. The highest BCUT2D eigenvalue weighted by molar-refractivity contribution is 6.33. The molecule has 0 heterocycles. The molecule has 0 atom stereocenters. The summed E-state index contributed by atoms with van der Waals surface area (Å²) in [5.41, 5.74) is 6.07. The number of benzene rings is 1. The van der Waals surface area contributed by atoms with Gasteiger partial charge in [-0.15, -0.1) is 0 Å². The zero-order chi connectivity index (χ0) is 13.9. The molecule has 0 radical (unpaired) electrons. The molecule has 1 aromatic carbocycles. The Labute approximate surface area is 111 Å². The topological polar surface area (TPSA) is 70.8 Å². The van der Waals surface area contributed by atoms with E-state index in [1.807, 2.05) is 0 Å². The number of hydrogen-bond donors (Lipinski definition) is 1. The number of halogens is 1. The van der Waals surface area contributed by atoms with E-state index in [1.54, 1.807) is 13.8 Å². The lowest BCUT2D eigenvalue weighted by molar-refractivity contribution is 0.0375. The van der Waals surface area contributed by atoms with Crippen molar-refractivity contribution in [3.63, 3.8) is 0 Å². The highest BCUT2D eigenvalue weighted by atomic mass is 35.5. The molecular formula is C12H16ClNO4. The van der Waals surface area contributed by atoms with E-state index in [4.69, 9.17) is 31.5 Å². The Hall–Kier alpha value is -1.62. The van der Waals surface area contributed by atoms with Gasteiger partial charge in [-0.3, -0.25) is 0 Å². The van der Waals surface area contributed by atoms with Gasteiger partial charge in [0.2, 0.25) is 0 Å². The number of carbonyl (C=O) groups excluding carboxylic acids is 1. The van der Waals surface area contributed by atoms with E-state index in [9.17, 15) is 4.79 Å². The maximum absolute atomic E-state index is 12.0. The number of nitrogen functional groups attached to an aromatic ring is 1. The standard InChI is InChI=1S/C12H16ClNO4/c1-6(2)18-12(15)9-10(14)8(16-3)5-7(13)11(9)17-4/h5-6H,14H2,1-4H3. The van der Waals surface area contributed by atoms with Crippen LogP contribution in [0, 0.1) is 0 Å². The van der Waals surface area contributed by atoms with E-state index in [2.05, 4.69) is 0 Å². The van der Waals surface area contributed by atoms with Gasteiger partial charge >= 0.3 is 5.97 Å². The van der Waals surface area contributed by atoms with Gasteiger partial charge < -0.3 is 19.9 Å². The molecule has 0 saturated heterocycles. The third-order valence-electron chi connectivity index (χ3n) is 2.21. The molecule has 5 nitrogen and oxygen atoms in total. The third-order valence-corrected chi connectivity index (χ3v) is 2.49. The van der Waals surface area contributed by atoms with Gasteiger partial charge in [-0.1, -0.05) is 11.6 Å². The largest absolute Gasteiger partial charge is 0.495 e. The predicted molar refractivity (Wildman–Crippen MR) is 69.5 cm³/mol. The summed E-state index contributed by atoms with van der Waals surface area (Å²) in [5.74, 6) is -0.114. The van der Waals surface area contributed by atoms with Crippen LogP contribution in [-0.4, -0.2) is 26.3 Å². The molecule has 0 amide bonds. The van der Waals surface area contributed by atoms with Crippen LogP contribution in [-0.2, 0) is 4.74 Å². The van der Waals surface area contributed by atoms with Gasteiger partial charge in [-0.05, 0) is 13.8 Å². The molecule has 0 aromatic heterocycles. The lowest BCUT2D eigenvalue weighted by Gasteiger charge is -2.16. The van der Waals surface area contributed by atoms with Gasteiger partial charge in [0.15, 0.2) is 5.75 Å². The van der Waals surface area contributed by atoms with Gasteiger partial charge in [0, 0.05) is 6.07 Å². The zero-order valence-electron chi connectivity index (χ0n) is 10.7. The summed E-state index contributed by atoms with van der Waals surface area (Å²) in [4.78, 5) is 12.0. The Morgan fingerprint density at radius 1 is 1.33 bits per heavy atom. The van der Waals surface area contributed by atoms with Crippen LogP contribution in [0.3, 0.4) is 0 Å². The van der Waals surface area contributed by atoms with E-state index in [1.165, 1.54) is 20.3 Å². The van der Waals surface area contributed by atoms with E-state index in [0.29, 0.717) is 5.75 Å². The molecule has 0 fully saturated rings. The minimum atomic E-state index is -0.597. The summed E-state index contributed by atoms with van der Waals surface area (Å²) >= 11 is 6.00. The fraction of sp³-hybridized carbons (Fsp3) is 0.417. The maximum Gasteiger partial charge on any atom is 0.344 e. The van der Waals surface area contributed by atoms with Crippen LogP contribution in [0.1, 0.15) is 24.2 Å². The molecule has 0 bridgehead atoms. The molecule has 0 unspecified atom stereocenters. The Balaban J connectivity index is 3.38. The normalized spacial score (nSPS) is 10.3. The average molecular weight is 274 g/mol. The van der Waals surface area contributed by atoms with Crippen LogP contribution in [0.5, 0.6) is 11.5 Å². The molecule has 2 N–H and O–H groups in total. The summed E-state index contributed by atoms with van der Waals surface area (Å²) in [6.07, 6.45) is -0.272. The second-order valence-electron chi connectivity index (χ2n) is 3.84. The van der Waals surface area contributed by atoms with E-state index < -0.39 is 5.97 Å². The Morgan fingerprint density at radius 2 is 1.94 bits per heavy atom. The van der Waals surface area contributed by atoms with Gasteiger partial charge in [-0.25, -0.2) is 4.79 Å². The number of rotatable bonds is 4. The van der Waals surface area contributed by atoms with Crippen LogP contribution in [0.2, 0.25) is 5.02 Å². The van der Waals surface area contributed by atoms with Crippen molar-refractivity contribution in [1.29, 1.82) is 0 Å². The molecule has 0 aliphatic heterocycles. The lowest BCUT2D eigenvalue weighted by atomic mass is 10.1. The minimum absolute atomic E-state index is 0.0792. The number of esters is 1. The predicted octanol–water partition coefficient (Wildman–Crippen LogP) is 2.50. The number of anilines is 1. The number of carbonyl (C=O) groups is 1. The number of methoxy groups -OCH3 is 2. The summed E-state index contributed by atoms with van der Waals surface area (Å²) in [6.45, 7) is 3.48. The van der Waals surface area contributed by atoms with Crippen LogP contribution < -0.4 is 15.2 Å². The smallest absolute Gasteiger partial charge is 0.344 e. The van der Waals surface area contributed by atoms with Crippen molar-refractivity contribution >= 4 is 23.3 Å². The van der Waals surface area contributed by atoms with Crippen molar-refractivity contribution in [1.82, 2.24) is 0 Å². The monoisotopic (exact) mass is 273 g/mol. The van der Waals surface area contributed by atoms with Crippen molar-refractivity contribution in [3.05, 3.63) is 16.7 Å². The Bertz CT molecular complexity index is 460. The van der Waals surface area contributed by atoms with Crippen LogP contribution >= 0.6 is 11.6 Å². The van der Waals surface area contributed by atoms with Gasteiger partial charge in [0.1, 0.15) is 11.3 Å². The highest BCUT2D eigenvalue weighted by Gasteiger charge is 2.24. The van der Waals surface area contributed by atoms with Crippen molar-refractivity contribution in [3.8, 4) is 11.5 Å². The summed E-state index contributed by atoms with van der Waals surface area (Å²) < 4.78 is 15.2. The van der Waals surface area contributed by atoms with Crippen molar-refractivity contribution in [2.24, 2.45) is 0 Å². The van der Waals surface area contributed by atoms with Crippen LogP contribution in [0.15, 0.2) is 6.07 Å². The van der Waals surface area contributed by atoms with Crippen molar-refractivity contribution in [2.45, 2.75) is 20.0 Å². The number of hydrogen-bond acceptors (Lipinski definition) is 5. The van der Waals surface area contributed by atoms with Gasteiger partial charge in [0.05, 0.1) is 31.0 Å². The number of nitrogens with two attached hydrogens (primary N) is 1. The second-order valence-corrected chi connectivity index (χ2v) is 4.24. The SMILES string of the molecule is COc1cc(Cl)c(OC)c(C(=O)OC(C)C)c1N. The van der Waals surface area contributed by atoms with Crippen LogP contribution in [0.25, 0.3) is 0 Å². The van der Waals surface area contributed by atoms with E-state index in [-0.39, 0.29) is 28.1 Å². The molecule has 0 aliphatic rings. The fourth-order valence-corrected chi connectivity index (χ4v) is 1.74. The second kappa shape index (κ2) is 5.82. The molecule has 0 saturated carbocycles. The first-order chi connectivity index (χ1) is 8.42. The van der Waals surface area contributed by atoms with Crippen molar-refractivity contribution in [2.75, 3.05) is 20.0 Å². The van der Waals surface area contributed by atoms with Crippen molar-refractivity contribution < 1.29 is 19.0 Å². The molecule has 100 valence electrons. The molecular weight excluding hydrogens is 258 g/mol. The fourth-order valence-electron chi connectivity index (χ4n) is 1.47. The highest BCUT2D eigenvalue weighted by Crippen LogP contribution is 2.39. The Kier molecular flexibility index (Phi) is 4.67. The zero-order valence-corrected chi connectivity index (χ0v) is 11.5. The lowest BCUT2D eigenvalue weighted by Crippen LogP contribution is -2.15. The maximum atomic E-state index is 12.0. The molecule has 0 spiro atoms. The van der Waals surface area contributed by atoms with E-state index >= 15 is 0 Å². The first kappa shape index (κ1) is 14.4. The average Bonchev–Trinajstić information content (AvgIpc) is 2.29.